The van der Waals surface area contributed by atoms with Gasteiger partial charge in [0.05, 0.1) is 5.69 Å². The van der Waals surface area contributed by atoms with Crippen LogP contribution >= 0.6 is 27.3 Å². The topological polar surface area (TPSA) is 24.9 Å². The predicted octanol–water partition coefficient (Wildman–Crippen LogP) is 5.50. The van der Waals surface area contributed by atoms with Gasteiger partial charge in [-0.05, 0) is 37.4 Å². The van der Waals surface area contributed by atoms with Gasteiger partial charge in [0.25, 0.3) is 0 Å². The highest BCUT2D eigenvalue weighted by atomic mass is 79.9. The predicted molar refractivity (Wildman–Crippen MR) is 96.1 cm³/mol. The lowest BCUT2D eigenvalue weighted by molar-refractivity contribution is 0.670. The van der Waals surface area contributed by atoms with Crippen LogP contribution in [-0.4, -0.2) is 11.5 Å². The second-order valence-corrected chi connectivity index (χ2v) is 7.56. The van der Waals surface area contributed by atoms with Crippen molar-refractivity contribution in [1.82, 2.24) is 10.3 Å². The van der Waals surface area contributed by atoms with E-state index in [1.807, 2.05) is 11.3 Å². The van der Waals surface area contributed by atoms with Gasteiger partial charge in [-0.3, -0.25) is 0 Å². The van der Waals surface area contributed by atoms with Crippen molar-refractivity contribution in [3.05, 3.63) is 38.8 Å². The molecule has 1 heterocycles. The van der Waals surface area contributed by atoms with Gasteiger partial charge in [0.2, 0.25) is 0 Å². The molecule has 0 spiro atoms. The van der Waals surface area contributed by atoms with E-state index in [9.17, 15) is 0 Å². The molecular weight excluding hydrogens is 344 g/mol. The van der Waals surface area contributed by atoms with Crippen molar-refractivity contribution in [3.63, 3.8) is 0 Å². The highest BCUT2D eigenvalue weighted by Gasteiger charge is 2.15. The molecule has 0 saturated heterocycles. The van der Waals surface area contributed by atoms with E-state index in [1.165, 1.54) is 21.7 Å². The molecule has 0 bridgehead atoms. The Labute approximate surface area is 140 Å². The summed E-state index contributed by atoms with van der Waals surface area (Å²) in [5.74, 6) is 0.460. The molecule has 0 aliphatic heterocycles. The smallest absolute Gasteiger partial charge is 0.123 e. The van der Waals surface area contributed by atoms with Gasteiger partial charge < -0.3 is 5.32 Å². The Morgan fingerprint density at radius 3 is 2.71 bits per heavy atom. The number of nitrogens with zero attached hydrogens (tertiary/aromatic N) is 1. The summed E-state index contributed by atoms with van der Waals surface area (Å²) in [5.41, 5.74) is 3.68. The minimum absolute atomic E-state index is 0.460. The summed E-state index contributed by atoms with van der Waals surface area (Å²) in [6.07, 6.45) is 1.16. The van der Waals surface area contributed by atoms with Gasteiger partial charge in [-0.15, -0.1) is 11.3 Å². The van der Waals surface area contributed by atoms with Crippen LogP contribution in [0.3, 0.4) is 0 Å². The first-order chi connectivity index (χ1) is 10.0. The number of rotatable bonds is 6. The van der Waals surface area contributed by atoms with Gasteiger partial charge in [0.15, 0.2) is 0 Å². The van der Waals surface area contributed by atoms with E-state index in [-0.39, 0.29) is 0 Å². The van der Waals surface area contributed by atoms with Crippen LogP contribution in [0.15, 0.2) is 22.7 Å². The Bertz CT molecular complexity index is 605. The second kappa shape index (κ2) is 7.52. The zero-order valence-corrected chi connectivity index (χ0v) is 15.6. The third-order valence-corrected chi connectivity index (χ3v) is 5.38. The van der Waals surface area contributed by atoms with Crippen molar-refractivity contribution >= 4 is 27.3 Å². The van der Waals surface area contributed by atoms with E-state index in [0.717, 1.165) is 29.0 Å². The molecule has 0 unspecified atom stereocenters. The van der Waals surface area contributed by atoms with Crippen molar-refractivity contribution < 1.29 is 0 Å². The maximum atomic E-state index is 4.89. The fourth-order valence-corrected chi connectivity index (χ4v) is 3.73. The maximum Gasteiger partial charge on any atom is 0.123 e. The van der Waals surface area contributed by atoms with E-state index in [2.05, 4.69) is 67.1 Å². The van der Waals surface area contributed by atoms with Crippen molar-refractivity contribution in [1.29, 1.82) is 0 Å². The minimum atomic E-state index is 0.460. The highest BCUT2D eigenvalue weighted by molar-refractivity contribution is 9.10. The van der Waals surface area contributed by atoms with Gasteiger partial charge in [-0.1, -0.05) is 48.8 Å². The van der Waals surface area contributed by atoms with Crippen molar-refractivity contribution in [2.24, 2.45) is 0 Å². The Morgan fingerprint density at radius 1 is 1.33 bits per heavy atom. The summed E-state index contributed by atoms with van der Waals surface area (Å²) < 4.78 is 1.15. The van der Waals surface area contributed by atoms with Crippen LogP contribution in [0.2, 0.25) is 0 Å². The average molecular weight is 367 g/mol. The molecule has 1 aromatic heterocycles. The summed E-state index contributed by atoms with van der Waals surface area (Å²) in [6.45, 7) is 10.7. The monoisotopic (exact) mass is 366 g/mol. The van der Waals surface area contributed by atoms with Crippen molar-refractivity contribution in [3.8, 4) is 10.6 Å². The van der Waals surface area contributed by atoms with Crippen molar-refractivity contribution in [2.45, 2.75) is 46.6 Å². The summed E-state index contributed by atoms with van der Waals surface area (Å²) in [5, 5.41) is 4.61. The third kappa shape index (κ3) is 4.15. The summed E-state index contributed by atoms with van der Waals surface area (Å²) >= 11 is 5.42. The van der Waals surface area contributed by atoms with Crippen LogP contribution in [0, 0.1) is 6.92 Å². The van der Waals surface area contributed by atoms with Crippen LogP contribution in [0.1, 0.15) is 49.2 Å². The number of aryl methyl sites for hydroxylation is 1. The van der Waals surface area contributed by atoms with E-state index in [4.69, 9.17) is 4.98 Å². The SMILES string of the molecule is CCCNCc1sc(-c2ccc(C)c(Br)c2)nc1C(C)C. The Balaban J connectivity index is 2.31. The summed E-state index contributed by atoms with van der Waals surface area (Å²) in [4.78, 5) is 6.25. The molecular formula is C17H23BrN2S. The first-order valence-electron chi connectivity index (χ1n) is 7.49. The van der Waals surface area contributed by atoms with Crippen LogP contribution in [0.4, 0.5) is 0 Å². The van der Waals surface area contributed by atoms with Crippen LogP contribution in [0.5, 0.6) is 0 Å². The number of halogens is 1. The first kappa shape index (κ1) is 16.7. The molecule has 0 aliphatic rings. The number of nitrogens with one attached hydrogen (secondary N) is 1. The Hall–Kier alpha value is -0.710. The molecule has 2 aromatic rings. The number of benzene rings is 1. The van der Waals surface area contributed by atoms with Crippen LogP contribution < -0.4 is 5.32 Å². The Morgan fingerprint density at radius 2 is 2.10 bits per heavy atom. The quantitative estimate of drug-likeness (QED) is 0.682. The lowest BCUT2D eigenvalue weighted by Crippen LogP contribution is -2.14. The number of hydrogen-bond acceptors (Lipinski definition) is 3. The van der Waals surface area contributed by atoms with Gasteiger partial charge in [-0.25, -0.2) is 4.98 Å². The van der Waals surface area contributed by atoms with E-state index >= 15 is 0 Å². The molecule has 0 atom stereocenters. The fourth-order valence-electron chi connectivity index (χ4n) is 2.17. The van der Waals surface area contributed by atoms with E-state index < -0.39 is 0 Å². The van der Waals surface area contributed by atoms with Gasteiger partial charge >= 0.3 is 0 Å². The van der Waals surface area contributed by atoms with Gasteiger partial charge in [-0.2, -0.15) is 0 Å². The molecule has 1 N–H and O–H groups in total. The third-order valence-electron chi connectivity index (χ3n) is 3.41. The number of hydrogen-bond donors (Lipinski definition) is 1. The number of aromatic nitrogens is 1. The lowest BCUT2D eigenvalue weighted by atomic mass is 10.1. The molecule has 2 nitrogen and oxygen atoms in total. The molecule has 0 fully saturated rings. The molecule has 0 radical (unpaired) electrons. The zero-order valence-electron chi connectivity index (χ0n) is 13.2. The molecule has 21 heavy (non-hydrogen) atoms. The summed E-state index contributed by atoms with van der Waals surface area (Å²) in [7, 11) is 0. The molecule has 114 valence electrons. The van der Waals surface area contributed by atoms with Gasteiger partial charge in [0, 0.05) is 21.5 Å². The molecule has 2 rings (SSSR count). The summed E-state index contributed by atoms with van der Waals surface area (Å²) in [6, 6.07) is 6.47. The number of thiazole rings is 1. The maximum absolute atomic E-state index is 4.89. The first-order valence-corrected chi connectivity index (χ1v) is 9.10. The van der Waals surface area contributed by atoms with Crippen molar-refractivity contribution in [2.75, 3.05) is 6.54 Å². The highest BCUT2D eigenvalue weighted by Crippen LogP contribution is 2.33. The average Bonchev–Trinajstić information content (AvgIpc) is 2.86. The second-order valence-electron chi connectivity index (χ2n) is 5.62. The standard InChI is InChI=1S/C17H23BrN2S/c1-5-8-19-10-15-16(11(2)3)20-17(21-15)13-7-6-12(4)14(18)9-13/h6-7,9,11,19H,5,8,10H2,1-4H3. The minimum Gasteiger partial charge on any atom is -0.312 e. The molecule has 1 aromatic carbocycles. The molecule has 0 amide bonds. The van der Waals surface area contributed by atoms with Gasteiger partial charge in [0.1, 0.15) is 5.01 Å². The van der Waals surface area contributed by atoms with E-state index in [1.54, 1.807) is 0 Å². The molecule has 0 aliphatic carbocycles. The normalized spacial score (nSPS) is 11.3. The Kier molecular flexibility index (Phi) is 5.97. The lowest BCUT2D eigenvalue weighted by Gasteiger charge is -2.05. The van der Waals surface area contributed by atoms with Crippen LogP contribution in [-0.2, 0) is 6.54 Å². The van der Waals surface area contributed by atoms with Crippen LogP contribution in [0.25, 0.3) is 10.6 Å². The largest absolute Gasteiger partial charge is 0.312 e. The zero-order chi connectivity index (χ0) is 15.4. The molecule has 0 saturated carbocycles. The van der Waals surface area contributed by atoms with E-state index in [0.29, 0.717) is 5.92 Å². The fraction of sp³-hybridized carbons (Fsp3) is 0.471. The molecule has 4 heteroatoms.